The van der Waals surface area contributed by atoms with Gasteiger partial charge in [-0.2, -0.15) is 0 Å². The average molecular weight is 363 g/mol. The summed E-state index contributed by atoms with van der Waals surface area (Å²) in [6, 6.07) is 9.11. The maximum absolute atomic E-state index is 12.8. The van der Waals surface area contributed by atoms with Crippen LogP contribution in [0.5, 0.6) is 0 Å². The number of carbonyl (C=O) groups is 3. The van der Waals surface area contributed by atoms with Gasteiger partial charge in [0, 0.05) is 13.0 Å². The van der Waals surface area contributed by atoms with Gasteiger partial charge in [-0.05, 0) is 24.3 Å². The van der Waals surface area contributed by atoms with Gasteiger partial charge in [0.25, 0.3) is 0 Å². The Morgan fingerprint density at radius 1 is 1.12 bits per heavy atom. The van der Waals surface area contributed by atoms with Gasteiger partial charge in [-0.25, -0.2) is 9.59 Å². The molecule has 0 saturated heterocycles. The second kappa shape index (κ2) is 9.36. The highest BCUT2D eigenvalue weighted by Crippen LogP contribution is 2.34. The summed E-state index contributed by atoms with van der Waals surface area (Å²) in [7, 11) is 0. The second-order valence-corrected chi connectivity index (χ2v) is 6.67. The van der Waals surface area contributed by atoms with Crippen molar-refractivity contribution in [3.8, 4) is 0 Å². The minimum atomic E-state index is -1.94. The zero-order valence-corrected chi connectivity index (χ0v) is 16.2. The van der Waals surface area contributed by atoms with Crippen LogP contribution < -0.4 is 0 Å². The Hall–Kier alpha value is -2.37. The number of ketones is 1. The van der Waals surface area contributed by atoms with Gasteiger partial charge in [-0.1, -0.05) is 58.0 Å². The summed E-state index contributed by atoms with van der Waals surface area (Å²) in [5.41, 5.74) is -1.15. The van der Waals surface area contributed by atoms with Crippen molar-refractivity contribution in [1.29, 1.82) is 0 Å². The van der Waals surface area contributed by atoms with E-state index in [4.69, 9.17) is 4.74 Å². The lowest BCUT2D eigenvalue weighted by molar-refractivity contribution is -0.162. The smallest absolute Gasteiger partial charge is 0.411 e. The summed E-state index contributed by atoms with van der Waals surface area (Å²) >= 11 is 0. The molecular formula is C20H29NO5. The van der Waals surface area contributed by atoms with Crippen LogP contribution in [0.4, 0.5) is 4.79 Å². The summed E-state index contributed by atoms with van der Waals surface area (Å²) in [5.74, 6) is -2.50. The van der Waals surface area contributed by atoms with Gasteiger partial charge in [0.05, 0.1) is 0 Å². The molecule has 1 unspecified atom stereocenters. The van der Waals surface area contributed by atoms with Crippen LogP contribution in [0, 0.1) is 11.8 Å². The highest BCUT2D eigenvalue weighted by atomic mass is 16.6. The molecule has 1 N–H and O–H groups in total. The summed E-state index contributed by atoms with van der Waals surface area (Å²) in [4.78, 5) is 38.8. The third kappa shape index (κ3) is 4.23. The number of benzene rings is 1. The summed E-state index contributed by atoms with van der Waals surface area (Å²) in [6.45, 7) is 8.71. The summed E-state index contributed by atoms with van der Waals surface area (Å²) in [5, 5.41) is 10.0. The van der Waals surface area contributed by atoms with E-state index in [-0.39, 0.29) is 25.5 Å². The predicted octanol–water partition coefficient (Wildman–Crippen LogP) is 3.74. The van der Waals surface area contributed by atoms with E-state index < -0.39 is 29.3 Å². The molecule has 0 aromatic heterocycles. The maximum atomic E-state index is 12.8. The van der Waals surface area contributed by atoms with Crippen LogP contribution in [0.1, 0.15) is 46.6 Å². The molecule has 0 spiro atoms. The van der Waals surface area contributed by atoms with Gasteiger partial charge < -0.3 is 9.84 Å². The Kier molecular flexibility index (Phi) is 7.80. The SMILES string of the molecule is CCC(=O)[C@@](C(=O)O)(C(C)C(C)C)N(CC)C(=O)OCc1ccccc1. The molecule has 0 radical (unpaired) electrons. The molecule has 6 nitrogen and oxygen atoms in total. The van der Waals surface area contributed by atoms with Crippen LogP contribution in [-0.2, 0) is 20.9 Å². The van der Waals surface area contributed by atoms with E-state index in [2.05, 4.69) is 0 Å². The van der Waals surface area contributed by atoms with Crippen molar-refractivity contribution in [2.75, 3.05) is 6.54 Å². The number of carboxylic acid groups (broad SMARTS) is 1. The van der Waals surface area contributed by atoms with E-state index in [0.29, 0.717) is 0 Å². The number of carboxylic acids is 1. The van der Waals surface area contributed by atoms with Gasteiger partial charge in [0.2, 0.25) is 5.54 Å². The number of carbonyl (C=O) groups excluding carboxylic acids is 2. The standard InChI is InChI=1S/C20H29NO5/c1-6-17(22)20(18(23)24,15(5)14(3)4)21(7-2)19(25)26-13-16-11-9-8-10-12-16/h8-12,14-15H,6-7,13H2,1-5H3,(H,23,24)/t15?,20-/m1/s1. The molecule has 0 aliphatic carbocycles. The van der Waals surface area contributed by atoms with E-state index in [1.54, 1.807) is 20.8 Å². The number of likely N-dealkylation sites (N-methyl/N-ethyl adjacent to an activating group) is 1. The Bertz CT molecular complexity index is 628. The first-order chi connectivity index (χ1) is 12.2. The van der Waals surface area contributed by atoms with Crippen molar-refractivity contribution >= 4 is 17.8 Å². The zero-order chi connectivity index (χ0) is 19.9. The monoisotopic (exact) mass is 363 g/mol. The predicted molar refractivity (Wildman–Crippen MR) is 98.7 cm³/mol. The van der Waals surface area contributed by atoms with Gasteiger partial charge in [0.15, 0.2) is 5.78 Å². The molecule has 1 rings (SSSR count). The third-order valence-electron chi connectivity index (χ3n) is 4.90. The zero-order valence-electron chi connectivity index (χ0n) is 16.2. The first kappa shape index (κ1) is 21.7. The molecule has 1 aromatic rings. The molecule has 0 fully saturated rings. The van der Waals surface area contributed by atoms with Crippen LogP contribution in [-0.4, -0.2) is 39.9 Å². The molecule has 26 heavy (non-hydrogen) atoms. The fourth-order valence-electron chi connectivity index (χ4n) is 3.15. The molecule has 1 amide bonds. The van der Waals surface area contributed by atoms with E-state index in [0.717, 1.165) is 10.5 Å². The maximum Gasteiger partial charge on any atom is 0.411 e. The Labute approximate surface area is 155 Å². The van der Waals surface area contributed by atoms with Gasteiger partial charge >= 0.3 is 12.1 Å². The summed E-state index contributed by atoms with van der Waals surface area (Å²) in [6.07, 6.45) is -0.778. The molecule has 6 heteroatoms. The van der Waals surface area contributed by atoms with Crippen molar-refractivity contribution in [2.45, 2.75) is 53.2 Å². The number of Topliss-reactive ketones (excluding diaryl/α,β-unsaturated/α-hetero) is 1. The lowest BCUT2D eigenvalue weighted by Crippen LogP contribution is -2.66. The van der Waals surface area contributed by atoms with Crippen molar-refractivity contribution in [2.24, 2.45) is 11.8 Å². The molecule has 144 valence electrons. The molecule has 0 heterocycles. The molecular weight excluding hydrogens is 334 g/mol. The molecule has 0 aliphatic heterocycles. The number of aliphatic carboxylic acids is 1. The molecule has 2 atom stereocenters. The molecule has 0 aliphatic rings. The van der Waals surface area contributed by atoms with Crippen LogP contribution in [0.25, 0.3) is 0 Å². The van der Waals surface area contributed by atoms with Gasteiger partial charge in [-0.3, -0.25) is 9.69 Å². The van der Waals surface area contributed by atoms with Crippen molar-refractivity contribution in [3.63, 3.8) is 0 Å². The minimum absolute atomic E-state index is 0.0161. The second-order valence-electron chi connectivity index (χ2n) is 6.67. The molecule has 0 bridgehead atoms. The Morgan fingerprint density at radius 3 is 2.12 bits per heavy atom. The van der Waals surface area contributed by atoms with E-state index in [1.807, 2.05) is 44.2 Å². The summed E-state index contributed by atoms with van der Waals surface area (Å²) < 4.78 is 5.33. The van der Waals surface area contributed by atoms with Crippen molar-refractivity contribution < 1.29 is 24.2 Å². The molecule has 1 aromatic carbocycles. The first-order valence-corrected chi connectivity index (χ1v) is 8.98. The van der Waals surface area contributed by atoms with Crippen LogP contribution >= 0.6 is 0 Å². The average Bonchev–Trinajstić information content (AvgIpc) is 2.63. The minimum Gasteiger partial charge on any atom is -0.479 e. The third-order valence-corrected chi connectivity index (χ3v) is 4.90. The van der Waals surface area contributed by atoms with E-state index in [1.165, 1.54) is 0 Å². The Morgan fingerprint density at radius 2 is 1.69 bits per heavy atom. The van der Waals surface area contributed by atoms with Crippen molar-refractivity contribution in [1.82, 2.24) is 4.90 Å². The highest BCUT2D eigenvalue weighted by Gasteiger charge is 2.56. The fourth-order valence-corrected chi connectivity index (χ4v) is 3.15. The van der Waals surface area contributed by atoms with Gasteiger partial charge in [0.1, 0.15) is 6.61 Å². The number of nitrogens with zero attached hydrogens (tertiary/aromatic N) is 1. The first-order valence-electron chi connectivity index (χ1n) is 8.98. The number of ether oxygens (including phenoxy) is 1. The quantitative estimate of drug-likeness (QED) is 0.676. The lowest BCUT2D eigenvalue weighted by Gasteiger charge is -2.43. The largest absolute Gasteiger partial charge is 0.479 e. The Balaban J connectivity index is 3.24. The number of hydrogen-bond donors (Lipinski definition) is 1. The highest BCUT2D eigenvalue weighted by molar-refractivity contribution is 6.10. The van der Waals surface area contributed by atoms with E-state index >= 15 is 0 Å². The normalized spacial score (nSPS) is 14.4. The van der Waals surface area contributed by atoms with Crippen LogP contribution in [0.2, 0.25) is 0 Å². The van der Waals surface area contributed by atoms with Crippen LogP contribution in [0.3, 0.4) is 0 Å². The lowest BCUT2D eigenvalue weighted by atomic mass is 9.73. The van der Waals surface area contributed by atoms with Crippen LogP contribution in [0.15, 0.2) is 30.3 Å². The van der Waals surface area contributed by atoms with Crippen molar-refractivity contribution in [3.05, 3.63) is 35.9 Å². The number of hydrogen-bond acceptors (Lipinski definition) is 4. The fraction of sp³-hybridized carbons (Fsp3) is 0.550. The topological polar surface area (TPSA) is 83.9 Å². The molecule has 0 saturated carbocycles. The number of amides is 1. The van der Waals surface area contributed by atoms with Gasteiger partial charge in [-0.15, -0.1) is 0 Å². The van der Waals surface area contributed by atoms with E-state index in [9.17, 15) is 19.5 Å². The number of rotatable bonds is 9.